The molecule has 0 radical (unpaired) electrons. The summed E-state index contributed by atoms with van der Waals surface area (Å²) in [6.07, 6.45) is 3.69. The molecule has 9 heteroatoms. The predicted octanol–water partition coefficient (Wildman–Crippen LogP) is 5.97. The average molecular weight is 516 g/mol. The highest BCUT2D eigenvalue weighted by atomic mass is 35.5. The van der Waals surface area contributed by atoms with Crippen molar-refractivity contribution < 1.29 is 19.4 Å². The van der Waals surface area contributed by atoms with Crippen LogP contribution in [-0.4, -0.2) is 33.0 Å². The minimum Gasteiger partial charge on any atom is -0.481 e. The molecule has 1 atom stereocenters. The topological polar surface area (TPSA) is 105 Å². The number of halogens is 2. The molecule has 0 aliphatic carbocycles. The van der Waals surface area contributed by atoms with E-state index in [-0.39, 0.29) is 24.5 Å². The second-order valence-corrected chi connectivity index (χ2v) is 9.58. The first-order chi connectivity index (χ1) is 16.7. The van der Waals surface area contributed by atoms with Crippen molar-refractivity contribution in [3.05, 3.63) is 62.9 Å². The maximum absolute atomic E-state index is 13.3. The summed E-state index contributed by atoms with van der Waals surface area (Å²) < 4.78 is 7.65. The molecule has 3 aromatic rings. The van der Waals surface area contributed by atoms with Crippen LogP contribution in [0.2, 0.25) is 10.0 Å². The number of carbonyl (C=O) groups is 2. The van der Waals surface area contributed by atoms with E-state index in [1.807, 2.05) is 23.7 Å². The number of nitrogens with zero attached hydrogens (tertiary/aromatic N) is 3. The first-order valence-corrected chi connectivity index (χ1v) is 12.1. The Morgan fingerprint density at radius 1 is 1.17 bits per heavy atom. The molecule has 0 aliphatic rings. The van der Waals surface area contributed by atoms with Crippen molar-refractivity contribution in [2.75, 3.05) is 6.61 Å². The van der Waals surface area contributed by atoms with E-state index >= 15 is 0 Å². The lowest BCUT2D eigenvalue weighted by atomic mass is 9.94. The van der Waals surface area contributed by atoms with Gasteiger partial charge >= 0.3 is 5.97 Å². The van der Waals surface area contributed by atoms with Crippen LogP contribution in [-0.2, 0) is 29.6 Å². The van der Waals surface area contributed by atoms with E-state index in [1.54, 1.807) is 19.1 Å². The third-order valence-electron chi connectivity index (χ3n) is 5.76. The molecule has 7 nitrogen and oxygen atoms in total. The fourth-order valence-corrected chi connectivity index (χ4v) is 4.77. The van der Waals surface area contributed by atoms with Crippen LogP contribution < -0.4 is 0 Å². The third-order valence-corrected chi connectivity index (χ3v) is 6.19. The zero-order chi connectivity index (χ0) is 25.5. The number of fused-ring (bicyclic) bond motifs is 1. The smallest absolute Gasteiger partial charge is 0.303 e. The standard InChI is InChI=1S/C26H27Cl2N3O4/c1-16(8-24(33)34)7-23(32)25-21-11-18(13-29)14-30-26(21)31(2)22(25)5-3-4-6-35-15-17-9-19(27)12-20(28)10-17/h9-12,14,16H,3-8,15H2,1-2H3,(H,33,34)/t16-/m0/s1. The number of benzene rings is 1. The number of aromatic nitrogens is 2. The van der Waals surface area contributed by atoms with Gasteiger partial charge in [0.25, 0.3) is 0 Å². The molecule has 0 unspecified atom stereocenters. The number of carbonyl (C=O) groups excluding carboxylic acids is 1. The number of unbranched alkanes of at least 4 members (excludes halogenated alkanes) is 1. The molecule has 35 heavy (non-hydrogen) atoms. The number of aryl methyl sites for hydroxylation is 1. The van der Waals surface area contributed by atoms with Gasteiger partial charge in [-0.2, -0.15) is 5.26 Å². The van der Waals surface area contributed by atoms with Crippen molar-refractivity contribution in [2.24, 2.45) is 13.0 Å². The zero-order valence-electron chi connectivity index (χ0n) is 19.7. The van der Waals surface area contributed by atoms with Gasteiger partial charge in [0.2, 0.25) is 0 Å². The number of pyridine rings is 1. The van der Waals surface area contributed by atoms with E-state index < -0.39 is 5.97 Å². The van der Waals surface area contributed by atoms with E-state index in [9.17, 15) is 14.9 Å². The van der Waals surface area contributed by atoms with Gasteiger partial charge in [-0.1, -0.05) is 30.1 Å². The summed E-state index contributed by atoms with van der Waals surface area (Å²) in [4.78, 5) is 28.7. The molecule has 2 aromatic heterocycles. The summed E-state index contributed by atoms with van der Waals surface area (Å²) in [6, 6.07) is 9.06. The van der Waals surface area contributed by atoms with Crippen LogP contribution in [0.3, 0.4) is 0 Å². The van der Waals surface area contributed by atoms with Gasteiger partial charge in [-0.3, -0.25) is 9.59 Å². The van der Waals surface area contributed by atoms with Gasteiger partial charge in [0.05, 0.1) is 12.2 Å². The Balaban J connectivity index is 1.71. The number of carboxylic acids is 1. The zero-order valence-corrected chi connectivity index (χ0v) is 21.2. The highest BCUT2D eigenvalue weighted by Crippen LogP contribution is 2.29. The highest BCUT2D eigenvalue weighted by molar-refractivity contribution is 6.34. The monoisotopic (exact) mass is 515 g/mol. The van der Waals surface area contributed by atoms with Gasteiger partial charge in [0.1, 0.15) is 11.7 Å². The molecule has 1 N–H and O–H groups in total. The first-order valence-electron chi connectivity index (χ1n) is 11.3. The second-order valence-electron chi connectivity index (χ2n) is 8.71. The summed E-state index contributed by atoms with van der Waals surface area (Å²) >= 11 is 12.0. The van der Waals surface area contributed by atoms with Crippen LogP contribution in [0.1, 0.15) is 59.8 Å². The van der Waals surface area contributed by atoms with Gasteiger partial charge < -0.3 is 14.4 Å². The number of hydrogen-bond donors (Lipinski definition) is 1. The van der Waals surface area contributed by atoms with Gasteiger partial charge in [0.15, 0.2) is 5.78 Å². The van der Waals surface area contributed by atoms with Crippen LogP contribution >= 0.6 is 23.2 Å². The molecule has 0 saturated carbocycles. The van der Waals surface area contributed by atoms with E-state index in [2.05, 4.69) is 11.1 Å². The summed E-state index contributed by atoms with van der Waals surface area (Å²) in [5.41, 5.74) is 3.26. The van der Waals surface area contributed by atoms with Crippen LogP contribution in [0.4, 0.5) is 0 Å². The van der Waals surface area contributed by atoms with E-state index in [1.165, 1.54) is 6.20 Å². The van der Waals surface area contributed by atoms with E-state index in [0.717, 1.165) is 24.1 Å². The molecule has 1 aromatic carbocycles. The number of Topliss-reactive ketones (excluding diaryl/α,β-unsaturated/α-hetero) is 1. The van der Waals surface area contributed by atoms with Crippen LogP contribution in [0.5, 0.6) is 0 Å². The lowest BCUT2D eigenvalue weighted by Crippen LogP contribution is -2.12. The number of ketones is 1. The van der Waals surface area contributed by atoms with Crippen LogP contribution in [0.15, 0.2) is 30.5 Å². The minimum absolute atomic E-state index is 0.0806. The molecule has 184 valence electrons. The summed E-state index contributed by atoms with van der Waals surface area (Å²) in [5, 5.41) is 20.1. The maximum atomic E-state index is 13.3. The Morgan fingerprint density at radius 2 is 1.89 bits per heavy atom. The molecule has 0 aliphatic heterocycles. The predicted molar refractivity (Wildman–Crippen MR) is 135 cm³/mol. The molecular weight excluding hydrogens is 489 g/mol. The number of hydrogen-bond acceptors (Lipinski definition) is 5. The lowest BCUT2D eigenvalue weighted by Gasteiger charge is -2.11. The molecule has 0 amide bonds. The molecule has 2 heterocycles. The molecule has 3 rings (SSSR count). The van der Waals surface area contributed by atoms with Gasteiger partial charge in [-0.15, -0.1) is 0 Å². The van der Waals surface area contributed by atoms with Crippen molar-refractivity contribution in [1.29, 1.82) is 5.26 Å². The van der Waals surface area contributed by atoms with Crippen LogP contribution in [0.25, 0.3) is 11.0 Å². The molecule has 0 bridgehead atoms. The molecule has 0 spiro atoms. The largest absolute Gasteiger partial charge is 0.481 e. The quantitative estimate of drug-likeness (QED) is 0.235. The summed E-state index contributed by atoms with van der Waals surface area (Å²) in [6.45, 7) is 2.68. The Morgan fingerprint density at radius 3 is 2.54 bits per heavy atom. The first kappa shape index (κ1) is 26.7. The van der Waals surface area contributed by atoms with Gasteiger partial charge in [-0.05, 0) is 55.0 Å². The van der Waals surface area contributed by atoms with Crippen molar-refractivity contribution in [1.82, 2.24) is 9.55 Å². The second kappa shape index (κ2) is 12.2. The number of ether oxygens (including phenoxy) is 1. The van der Waals surface area contributed by atoms with Crippen molar-refractivity contribution in [3.63, 3.8) is 0 Å². The molecule has 0 saturated heterocycles. The minimum atomic E-state index is -0.933. The summed E-state index contributed by atoms with van der Waals surface area (Å²) in [7, 11) is 1.85. The Labute approximate surface area is 214 Å². The van der Waals surface area contributed by atoms with E-state index in [4.69, 9.17) is 33.0 Å². The van der Waals surface area contributed by atoms with Crippen LogP contribution in [0, 0.1) is 17.2 Å². The van der Waals surface area contributed by atoms with Crippen molar-refractivity contribution >= 4 is 46.0 Å². The average Bonchev–Trinajstić information content (AvgIpc) is 3.05. The fourth-order valence-electron chi connectivity index (χ4n) is 4.19. The SMILES string of the molecule is C[C@H](CC(=O)O)CC(=O)c1c(CCCCOCc2cc(Cl)cc(Cl)c2)n(C)c2ncc(C#N)cc12. The van der Waals surface area contributed by atoms with Crippen molar-refractivity contribution in [2.45, 2.75) is 45.6 Å². The number of carboxylic acid groups (broad SMARTS) is 1. The Hall–Kier alpha value is -2.92. The maximum Gasteiger partial charge on any atom is 0.303 e. The van der Waals surface area contributed by atoms with E-state index in [0.29, 0.717) is 51.8 Å². The van der Waals surface area contributed by atoms with Gasteiger partial charge in [0, 0.05) is 59.4 Å². The third kappa shape index (κ3) is 7.04. The van der Waals surface area contributed by atoms with Crippen molar-refractivity contribution in [3.8, 4) is 6.07 Å². The fraction of sp³-hybridized carbons (Fsp3) is 0.385. The number of nitriles is 1. The number of aliphatic carboxylic acids is 1. The summed E-state index contributed by atoms with van der Waals surface area (Å²) in [5.74, 6) is -1.37. The Kier molecular flexibility index (Phi) is 9.27. The molecular formula is C26H27Cl2N3O4. The highest BCUT2D eigenvalue weighted by Gasteiger charge is 2.24. The molecule has 0 fully saturated rings. The Bertz CT molecular complexity index is 1260. The number of rotatable bonds is 12. The van der Waals surface area contributed by atoms with Gasteiger partial charge in [-0.25, -0.2) is 4.98 Å². The normalized spacial score (nSPS) is 12.0. The lowest BCUT2D eigenvalue weighted by molar-refractivity contribution is -0.137.